The van der Waals surface area contributed by atoms with Crippen molar-refractivity contribution in [3.05, 3.63) is 71.4 Å². The van der Waals surface area contributed by atoms with Crippen LogP contribution >= 0.6 is 0 Å². The zero-order valence-corrected chi connectivity index (χ0v) is 17.4. The van der Waals surface area contributed by atoms with Crippen LogP contribution in [0.5, 0.6) is 0 Å². The lowest BCUT2D eigenvalue weighted by Crippen LogP contribution is -2.47. The summed E-state index contributed by atoms with van der Waals surface area (Å²) < 4.78 is 28.5. The Balaban J connectivity index is 1.27. The van der Waals surface area contributed by atoms with Gasteiger partial charge in [0, 0.05) is 51.0 Å². The van der Waals surface area contributed by atoms with Crippen LogP contribution in [0.3, 0.4) is 0 Å². The van der Waals surface area contributed by atoms with E-state index in [9.17, 15) is 13.6 Å². The number of hydrogen-bond acceptors (Lipinski definition) is 3. The first-order chi connectivity index (χ1) is 15.1. The highest BCUT2D eigenvalue weighted by Crippen LogP contribution is 2.30. The van der Waals surface area contributed by atoms with Crippen LogP contribution in [0.25, 0.3) is 5.52 Å². The Morgan fingerprint density at radius 1 is 0.968 bits per heavy atom. The van der Waals surface area contributed by atoms with E-state index in [4.69, 9.17) is 0 Å². The molecule has 1 aliphatic carbocycles. The molecular weight excluding hydrogens is 398 g/mol. The summed E-state index contributed by atoms with van der Waals surface area (Å²) in [5, 5.41) is 2.79. The predicted molar refractivity (Wildman–Crippen MR) is 116 cm³/mol. The summed E-state index contributed by atoms with van der Waals surface area (Å²) in [5.74, 6) is -0.0542. The fourth-order valence-electron chi connectivity index (χ4n) is 4.24. The van der Waals surface area contributed by atoms with Crippen LogP contribution in [0, 0.1) is 17.6 Å². The van der Waals surface area contributed by atoms with Gasteiger partial charge in [-0.05, 0) is 60.7 Å². The second-order valence-electron chi connectivity index (χ2n) is 8.57. The fraction of sp³-hybridized carbons (Fsp3) is 0.375. The van der Waals surface area contributed by atoms with Gasteiger partial charge in [0.05, 0.1) is 5.56 Å². The average molecular weight is 424 g/mol. The van der Waals surface area contributed by atoms with Gasteiger partial charge in [0.1, 0.15) is 5.82 Å². The van der Waals surface area contributed by atoms with E-state index >= 15 is 0 Å². The largest absolute Gasteiger partial charge is 0.355 e. The zero-order chi connectivity index (χ0) is 21.4. The number of halogens is 2. The average Bonchev–Trinajstić information content (AvgIpc) is 3.50. The van der Waals surface area contributed by atoms with E-state index in [-0.39, 0.29) is 12.5 Å². The van der Waals surface area contributed by atoms with Gasteiger partial charge in [-0.25, -0.2) is 8.78 Å². The Labute approximate surface area is 180 Å². The molecule has 0 atom stereocenters. The van der Waals surface area contributed by atoms with Gasteiger partial charge in [-0.3, -0.25) is 9.69 Å². The van der Waals surface area contributed by atoms with Crippen LogP contribution < -0.4 is 10.2 Å². The van der Waals surface area contributed by atoms with E-state index in [0.29, 0.717) is 11.1 Å². The fourth-order valence-corrected chi connectivity index (χ4v) is 4.24. The van der Waals surface area contributed by atoms with Crippen LogP contribution in [-0.4, -0.2) is 47.9 Å². The van der Waals surface area contributed by atoms with Gasteiger partial charge in [0.2, 0.25) is 0 Å². The molecule has 1 saturated heterocycles. The van der Waals surface area contributed by atoms with E-state index in [1.54, 1.807) is 6.07 Å². The number of hydrogen-bond donors (Lipinski definition) is 1. The standard InChI is InChI=1S/C24H26F2N4O/c25-21-7-3-18(13-22(21)26)14-27-24(31)19-4-5-20-6-8-23(30(20)16-19)29-11-9-28(10-12-29)15-17-1-2-17/h3-8,13,16-17H,1-2,9-12,14-15H2,(H,27,31). The van der Waals surface area contributed by atoms with E-state index in [2.05, 4.69) is 31.7 Å². The topological polar surface area (TPSA) is 40.0 Å². The molecule has 0 radical (unpaired) electrons. The van der Waals surface area contributed by atoms with E-state index in [1.165, 1.54) is 25.5 Å². The van der Waals surface area contributed by atoms with E-state index in [1.807, 2.05) is 12.3 Å². The van der Waals surface area contributed by atoms with Gasteiger partial charge in [-0.15, -0.1) is 0 Å². The van der Waals surface area contributed by atoms with Crippen molar-refractivity contribution in [2.24, 2.45) is 5.92 Å². The SMILES string of the molecule is O=C(NCc1ccc(F)c(F)c1)c1ccc2ccc(N3CCN(CC4CC4)CC3)n2c1. The molecule has 1 aromatic carbocycles. The summed E-state index contributed by atoms with van der Waals surface area (Å²) in [6.07, 6.45) is 4.61. The number of carbonyl (C=O) groups excluding carboxylic acids is 1. The maximum atomic E-state index is 13.4. The van der Waals surface area contributed by atoms with Crippen LogP contribution in [0.1, 0.15) is 28.8 Å². The molecule has 1 aliphatic heterocycles. The number of nitrogens with one attached hydrogen (secondary N) is 1. The van der Waals surface area contributed by atoms with E-state index in [0.717, 1.165) is 55.6 Å². The second kappa shape index (κ2) is 8.30. The van der Waals surface area contributed by atoms with Gasteiger partial charge in [0.15, 0.2) is 11.6 Å². The van der Waals surface area contributed by atoms with Crippen LogP contribution in [0.4, 0.5) is 14.6 Å². The van der Waals surface area contributed by atoms with Crippen molar-refractivity contribution in [2.75, 3.05) is 37.6 Å². The predicted octanol–water partition coefficient (Wildman–Crippen LogP) is 3.68. The van der Waals surface area contributed by atoms with Crippen molar-refractivity contribution in [2.45, 2.75) is 19.4 Å². The molecule has 0 unspecified atom stereocenters. The number of carbonyl (C=O) groups is 1. The summed E-state index contributed by atoms with van der Waals surface area (Å²) in [7, 11) is 0. The van der Waals surface area contributed by atoms with Crippen LogP contribution in [0.2, 0.25) is 0 Å². The number of fused-ring (bicyclic) bond motifs is 1. The maximum Gasteiger partial charge on any atom is 0.253 e. The number of pyridine rings is 1. The van der Waals surface area contributed by atoms with E-state index < -0.39 is 11.6 Å². The molecule has 162 valence electrons. The zero-order valence-electron chi connectivity index (χ0n) is 17.4. The number of piperazine rings is 1. The quantitative estimate of drug-likeness (QED) is 0.656. The Kier molecular flexibility index (Phi) is 5.36. The highest BCUT2D eigenvalue weighted by molar-refractivity contribution is 5.94. The molecule has 5 nitrogen and oxygen atoms in total. The monoisotopic (exact) mass is 424 g/mol. The summed E-state index contributed by atoms with van der Waals surface area (Å²) in [5.41, 5.74) is 2.08. The maximum absolute atomic E-state index is 13.4. The van der Waals surface area contributed by atoms with Crippen LogP contribution in [-0.2, 0) is 6.54 Å². The number of rotatable bonds is 6. The normalized spacial score (nSPS) is 17.3. The first kappa shape index (κ1) is 20.0. The lowest BCUT2D eigenvalue weighted by molar-refractivity contribution is 0.0950. The first-order valence-corrected chi connectivity index (χ1v) is 10.9. The number of amides is 1. The molecule has 3 heterocycles. The molecule has 2 fully saturated rings. The number of anilines is 1. The number of aromatic nitrogens is 1. The number of benzene rings is 1. The number of nitrogens with zero attached hydrogens (tertiary/aromatic N) is 3. The molecule has 2 aromatic heterocycles. The summed E-state index contributed by atoms with van der Waals surface area (Å²) >= 11 is 0. The smallest absolute Gasteiger partial charge is 0.253 e. The third kappa shape index (κ3) is 4.42. The molecule has 1 saturated carbocycles. The van der Waals surface area contributed by atoms with Crippen molar-refractivity contribution in [1.82, 2.24) is 14.6 Å². The van der Waals surface area contributed by atoms with Crippen molar-refractivity contribution in [3.8, 4) is 0 Å². The minimum atomic E-state index is -0.914. The highest BCUT2D eigenvalue weighted by atomic mass is 19.2. The van der Waals surface area contributed by atoms with Gasteiger partial charge in [0.25, 0.3) is 5.91 Å². The molecule has 0 spiro atoms. The van der Waals surface area contributed by atoms with Crippen molar-refractivity contribution in [1.29, 1.82) is 0 Å². The summed E-state index contributed by atoms with van der Waals surface area (Å²) in [6.45, 7) is 5.45. The minimum absolute atomic E-state index is 0.134. The van der Waals surface area contributed by atoms with Gasteiger partial charge < -0.3 is 14.6 Å². The second-order valence-corrected chi connectivity index (χ2v) is 8.57. The van der Waals surface area contributed by atoms with Crippen molar-refractivity contribution in [3.63, 3.8) is 0 Å². The third-order valence-electron chi connectivity index (χ3n) is 6.24. The molecule has 5 rings (SSSR count). The summed E-state index contributed by atoms with van der Waals surface area (Å²) in [6, 6.07) is 11.5. The van der Waals surface area contributed by atoms with Gasteiger partial charge in [-0.1, -0.05) is 6.07 Å². The van der Waals surface area contributed by atoms with Crippen molar-refractivity contribution < 1.29 is 13.6 Å². The molecule has 1 N–H and O–H groups in total. The molecule has 7 heteroatoms. The lowest BCUT2D eigenvalue weighted by Gasteiger charge is -2.35. The third-order valence-corrected chi connectivity index (χ3v) is 6.24. The first-order valence-electron chi connectivity index (χ1n) is 10.9. The Hall–Kier alpha value is -2.93. The Bertz CT molecular complexity index is 1100. The Morgan fingerprint density at radius 2 is 1.74 bits per heavy atom. The van der Waals surface area contributed by atoms with Gasteiger partial charge in [-0.2, -0.15) is 0 Å². The summed E-state index contributed by atoms with van der Waals surface area (Å²) in [4.78, 5) is 17.6. The van der Waals surface area contributed by atoms with Gasteiger partial charge >= 0.3 is 0 Å². The molecule has 31 heavy (non-hydrogen) atoms. The van der Waals surface area contributed by atoms with Crippen molar-refractivity contribution >= 4 is 17.2 Å². The molecule has 2 aliphatic rings. The Morgan fingerprint density at radius 3 is 2.48 bits per heavy atom. The molecule has 1 amide bonds. The highest BCUT2D eigenvalue weighted by Gasteiger charge is 2.27. The molecular formula is C24H26F2N4O. The molecule has 0 bridgehead atoms. The lowest BCUT2D eigenvalue weighted by atomic mass is 10.2. The molecule has 3 aromatic rings. The van der Waals surface area contributed by atoms with Crippen LogP contribution in [0.15, 0.2) is 48.7 Å². The minimum Gasteiger partial charge on any atom is -0.355 e.